The SMILES string of the molecule is CCOc1ccc(Nc2nc(-c3ccc(O)cc3O)cs2)cc1. The number of aromatic hydroxyl groups is 2. The second-order valence-corrected chi connectivity index (χ2v) is 5.68. The summed E-state index contributed by atoms with van der Waals surface area (Å²) in [5.74, 6) is 0.851. The molecule has 0 aliphatic rings. The predicted molar refractivity (Wildman–Crippen MR) is 91.8 cm³/mol. The van der Waals surface area contributed by atoms with Gasteiger partial charge in [-0.1, -0.05) is 0 Å². The van der Waals surface area contributed by atoms with Gasteiger partial charge in [0.2, 0.25) is 0 Å². The molecule has 0 saturated heterocycles. The largest absolute Gasteiger partial charge is 0.508 e. The Labute approximate surface area is 137 Å². The standard InChI is InChI=1S/C17H16N2O3S/c1-2-22-13-6-3-11(4-7-13)18-17-19-15(10-23-17)14-8-5-12(20)9-16(14)21/h3-10,20-21H,2H2,1H3,(H,18,19). The molecule has 0 atom stereocenters. The lowest BCUT2D eigenvalue weighted by Crippen LogP contribution is -1.92. The van der Waals surface area contributed by atoms with Gasteiger partial charge in [-0.25, -0.2) is 4.98 Å². The number of phenols is 2. The predicted octanol–water partition coefficient (Wildman–Crippen LogP) is 4.36. The number of anilines is 2. The molecule has 1 heterocycles. The highest BCUT2D eigenvalue weighted by atomic mass is 32.1. The molecular formula is C17H16N2O3S. The van der Waals surface area contributed by atoms with Crippen LogP contribution in [-0.2, 0) is 0 Å². The number of hydrogen-bond acceptors (Lipinski definition) is 6. The summed E-state index contributed by atoms with van der Waals surface area (Å²) in [6.07, 6.45) is 0. The molecule has 1 aromatic heterocycles. The summed E-state index contributed by atoms with van der Waals surface area (Å²) in [6.45, 7) is 2.58. The van der Waals surface area contributed by atoms with Gasteiger partial charge in [0.1, 0.15) is 17.2 Å². The van der Waals surface area contributed by atoms with E-state index < -0.39 is 0 Å². The van der Waals surface area contributed by atoms with Crippen LogP contribution in [0.3, 0.4) is 0 Å². The maximum absolute atomic E-state index is 9.90. The van der Waals surface area contributed by atoms with Crippen molar-refractivity contribution in [3.05, 3.63) is 47.8 Å². The van der Waals surface area contributed by atoms with Gasteiger partial charge in [0.05, 0.1) is 12.3 Å². The smallest absolute Gasteiger partial charge is 0.187 e. The highest BCUT2D eigenvalue weighted by molar-refractivity contribution is 7.14. The first-order chi connectivity index (χ1) is 11.2. The molecule has 3 aromatic rings. The molecule has 0 amide bonds. The number of nitrogens with zero attached hydrogens (tertiary/aromatic N) is 1. The van der Waals surface area contributed by atoms with Crippen LogP contribution in [0.25, 0.3) is 11.3 Å². The van der Waals surface area contributed by atoms with Crippen LogP contribution in [0.15, 0.2) is 47.8 Å². The van der Waals surface area contributed by atoms with E-state index in [1.807, 2.05) is 36.6 Å². The van der Waals surface area contributed by atoms with E-state index in [0.29, 0.717) is 17.9 Å². The minimum Gasteiger partial charge on any atom is -0.508 e. The average Bonchev–Trinajstić information content (AvgIpc) is 2.98. The molecule has 0 aliphatic heterocycles. The molecule has 0 saturated carbocycles. The van der Waals surface area contributed by atoms with E-state index in [9.17, 15) is 10.2 Å². The van der Waals surface area contributed by atoms with Gasteiger partial charge >= 0.3 is 0 Å². The molecule has 0 unspecified atom stereocenters. The van der Waals surface area contributed by atoms with E-state index in [4.69, 9.17) is 4.74 Å². The average molecular weight is 328 g/mol. The van der Waals surface area contributed by atoms with Crippen molar-refractivity contribution in [2.75, 3.05) is 11.9 Å². The molecular weight excluding hydrogens is 312 g/mol. The van der Waals surface area contributed by atoms with E-state index in [0.717, 1.165) is 16.6 Å². The van der Waals surface area contributed by atoms with Crippen LogP contribution in [0.5, 0.6) is 17.2 Å². The van der Waals surface area contributed by atoms with Crippen LogP contribution in [-0.4, -0.2) is 21.8 Å². The number of hydrogen-bond donors (Lipinski definition) is 3. The quantitative estimate of drug-likeness (QED) is 0.649. The van der Waals surface area contributed by atoms with E-state index in [-0.39, 0.29) is 11.5 Å². The van der Waals surface area contributed by atoms with Gasteiger partial charge in [0.25, 0.3) is 0 Å². The molecule has 5 nitrogen and oxygen atoms in total. The fraction of sp³-hybridized carbons (Fsp3) is 0.118. The zero-order valence-corrected chi connectivity index (χ0v) is 13.3. The van der Waals surface area contributed by atoms with Crippen LogP contribution < -0.4 is 10.1 Å². The summed E-state index contributed by atoms with van der Waals surface area (Å²) in [5, 5.41) is 25.0. The maximum Gasteiger partial charge on any atom is 0.187 e. The molecule has 0 spiro atoms. The van der Waals surface area contributed by atoms with Gasteiger partial charge in [-0.3, -0.25) is 0 Å². The highest BCUT2D eigenvalue weighted by Crippen LogP contribution is 2.34. The Balaban J connectivity index is 1.76. The van der Waals surface area contributed by atoms with Crippen molar-refractivity contribution in [1.82, 2.24) is 4.98 Å². The van der Waals surface area contributed by atoms with Crippen molar-refractivity contribution in [1.29, 1.82) is 0 Å². The lowest BCUT2D eigenvalue weighted by molar-refractivity contribution is 0.340. The highest BCUT2D eigenvalue weighted by Gasteiger charge is 2.10. The second-order valence-electron chi connectivity index (χ2n) is 4.82. The normalized spacial score (nSPS) is 10.5. The molecule has 2 aromatic carbocycles. The fourth-order valence-electron chi connectivity index (χ4n) is 2.12. The summed E-state index contributed by atoms with van der Waals surface area (Å²) in [4.78, 5) is 4.46. The summed E-state index contributed by atoms with van der Waals surface area (Å²) < 4.78 is 5.41. The summed E-state index contributed by atoms with van der Waals surface area (Å²) >= 11 is 1.44. The molecule has 3 rings (SSSR count). The van der Waals surface area contributed by atoms with Gasteiger partial charge in [0.15, 0.2) is 5.13 Å². The van der Waals surface area contributed by atoms with Gasteiger partial charge in [-0.15, -0.1) is 11.3 Å². The van der Waals surface area contributed by atoms with Crippen molar-refractivity contribution in [2.24, 2.45) is 0 Å². The first kappa shape index (κ1) is 15.2. The van der Waals surface area contributed by atoms with Gasteiger partial charge in [-0.2, -0.15) is 0 Å². The van der Waals surface area contributed by atoms with Gasteiger partial charge in [-0.05, 0) is 43.3 Å². The number of thiazole rings is 1. The molecule has 0 aliphatic carbocycles. The van der Waals surface area contributed by atoms with Crippen LogP contribution in [0.4, 0.5) is 10.8 Å². The third-order valence-corrected chi connectivity index (χ3v) is 3.94. The zero-order valence-electron chi connectivity index (χ0n) is 12.5. The third kappa shape index (κ3) is 3.54. The molecule has 118 valence electrons. The number of nitrogens with one attached hydrogen (secondary N) is 1. The Hall–Kier alpha value is -2.73. The van der Waals surface area contributed by atoms with Crippen LogP contribution >= 0.6 is 11.3 Å². The summed E-state index contributed by atoms with van der Waals surface area (Å²) in [5.41, 5.74) is 2.14. The van der Waals surface area contributed by atoms with E-state index in [2.05, 4.69) is 10.3 Å². The lowest BCUT2D eigenvalue weighted by Gasteiger charge is -2.05. The number of benzene rings is 2. The first-order valence-corrected chi connectivity index (χ1v) is 8.01. The topological polar surface area (TPSA) is 74.6 Å². The molecule has 0 fully saturated rings. The van der Waals surface area contributed by atoms with Gasteiger partial charge < -0.3 is 20.3 Å². The third-order valence-electron chi connectivity index (χ3n) is 3.18. The molecule has 6 heteroatoms. The van der Waals surface area contributed by atoms with Crippen molar-refractivity contribution >= 4 is 22.2 Å². The number of rotatable bonds is 5. The Bertz CT molecular complexity index is 800. The molecule has 23 heavy (non-hydrogen) atoms. The van der Waals surface area contributed by atoms with Crippen molar-refractivity contribution in [3.8, 4) is 28.5 Å². The minimum atomic E-state index is 0.00270. The van der Waals surface area contributed by atoms with E-state index in [1.54, 1.807) is 6.07 Å². The number of phenolic OH excluding ortho intramolecular Hbond substituents is 2. The van der Waals surface area contributed by atoms with Crippen molar-refractivity contribution in [3.63, 3.8) is 0 Å². The van der Waals surface area contributed by atoms with Crippen LogP contribution in [0.2, 0.25) is 0 Å². The summed E-state index contributed by atoms with van der Waals surface area (Å²) in [6, 6.07) is 12.1. The van der Waals surface area contributed by atoms with Crippen molar-refractivity contribution < 1.29 is 14.9 Å². The van der Waals surface area contributed by atoms with E-state index in [1.165, 1.54) is 23.5 Å². The molecule has 0 bridgehead atoms. The number of aromatic nitrogens is 1. The Morgan fingerprint density at radius 1 is 1.13 bits per heavy atom. The molecule has 0 radical (unpaired) electrons. The van der Waals surface area contributed by atoms with Crippen molar-refractivity contribution in [2.45, 2.75) is 6.92 Å². The summed E-state index contributed by atoms with van der Waals surface area (Å²) in [7, 11) is 0. The van der Waals surface area contributed by atoms with Crippen LogP contribution in [0.1, 0.15) is 6.92 Å². The molecule has 3 N–H and O–H groups in total. The Morgan fingerprint density at radius 3 is 2.61 bits per heavy atom. The minimum absolute atomic E-state index is 0.00270. The zero-order chi connectivity index (χ0) is 16.2. The fourth-order valence-corrected chi connectivity index (χ4v) is 2.85. The Morgan fingerprint density at radius 2 is 1.91 bits per heavy atom. The first-order valence-electron chi connectivity index (χ1n) is 7.13. The monoisotopic (exact) mass is 328 g/mol. The van der Waals surface area contributed by atoms with Crippen LogP contribution in [0, 0.1) is 0 Å². The Kier molecular flexibility index (Phi) is 4.34. The number of ether oxygens (including phenoxy) is 1. The second kappa shape index (κ2) is 6.58. The van der Waals surface area contributed by atoms with E-state index >= 15 is 0 Å². The van der Waals surface area contributed by atoms with Gasteiger partial charge in [0, 0.05) is 22.7 Å². The maximum atomic E-state index is 9.90. The lowest BCUT2D eigenvalue weighted by atomic mass is 10.1.